The lowest BCUT2D eigenvalue weighted by Crippen LogP contribution is -2.11. The molecular weight excluding hydrogens is 282 g/mol. The first kappa shape index (κ1) is 14.3. The van der Waals surface area contributed by atoms with Crippen molar-refractivity contribution < 1.29 is 13.6 Å². The molecule has 0 unspecified atom stereocenters. The predicted molar refractivity (Wildman–Crippen MR) is 77.1 cm³/mol. The van der Waals surface area contributed by atoms with Gasteiger partial charge in [0.2, 0.25) is 0 Å². The Morgan fingerprint density at radius 3 is 2.45 bits per heavy atom. The zero-order valence-electron chi connectivity index (χ0n) is 10.3. The van der Waals surface area contributed by atoms with Crippen molar-refractivity contribution in [2.75, 3.05) is 11.1 Å². The highest BCUT2D eigenvalue weighted by Gasteiger charge is 2.08. The monoisotopic (exact) mass is 294 g/mol. The molecule has 3 nitrogen and oxygen atoms in total. The number of hydrogen-bond donors (Lipinski definition) is 2. The Labute approximate surface area is 119 Å². The zero-order valence-corrected chi connectivity index (χ0v) is 11.2. The molecule has 0 aliphatic rings. The van der Waals surface area contributed by atoms with Gasteiger partial charge in [0.25, 0.3) is 11.7 Å². The lowest BCUT2D eigenvalue weighted by molar-refractivity contribution is 0.102. The number of hydrogen-bond acceptors (Lipinski definition) is 3. The van der Waals surface area contributed by atoms with E-state index >= 15 is 0 Å². The summed E-state index contributed by atoms with van der Waals surface area (Å²) in [7, 11) is 0. The Hall–Kier alpha value is -2.08. The van der Waals surface area contributed by atoms with Gasteiger partial charge < -0.3 is 11.1 Å². The molecule has 104 valence electrons. The number of halogens is 2. The van der Waals surface area contributed by atoms with Crippen molar-refractivity contribution in [3.05, 3.63) is 54.1 Å². The second kappa shape index (κ2) is 6.38. The topological polar surface area (TPSA) is 55.1 Å². The molecule has 0 saturated heterocycles. The highest BCUT2D eigenvalue weighted by atomic mass is 32.2. The van der Waals surface area contributed by atoms with Gasteiger partial charge in [-0.1, -0.05) is 17.8 Å². The Morgan fingerprint density at radius 1 is 1.15 bits per heavy atom. The fourth-order valence-corrected chi connectivity index (χ4v) is 2.10. The van der Waals surface area contributed by atoms with Crippen LogP contribution in [0.2, 0.25) is 0 Å². The van der Waals surface area contributed by atoms with E-state index in [-0.39, 0.29) is 5.91 Å². The normalized spacial score (nSPS) is 10.6. The molecule has 0 aliphatic carbocycles. The van der Waals surface area contributed by atoms with E-state index in [0.717, 1.165) is 0 Å². The number of thioether (sulfide) groups is 1. The average Bonchev–Trinajstić information content (AvgIpc) is 2.40. The number of alkyl halides is 2. The molecular formula is C14H12F2N2OS. The van der Waals surface area contributed by atoms with E-state index < -0.39 is 5.76 Å². The fraction of sp³-hybridized carbons (Fsp3) is 0.0714. The Bertz CT molecular complexity index is 602. The highest BCUT2D eigenvalue weighted by molar-refractivity contribution is 7.99. The molecule has 2 aromatic carbocycles. The molecule has 3 N–H and O–H groups in total. The number of benzene rings is 2. The molecule has 0 atom stereocenters. The molecule has 0 fully saturated rings. The minimum Gasteiger partial charge on any atom is -0.399 e. The van der Waals surface area contributed by atoms with Gasteiger partial charge in [-0.2, -0.15) is 8.78 Å². The number of carbonyl (C=O) groups excluding carboxylic acids is 1. The first-order valence-electron chi connectivity index (χ1n) is 5.76. The van der Waals surface area contributed by atoms with Gasteiger partial charge in [0.1, 0.15) is 0 Å². The SMILES string of the molecule is Nc1cccc(C(=O)Nc2ccc(SC(F)F)cc2)c1. The molecule has 20 heavy (non-hydrogen) atoms. The Balaban J connectivity index is 2.04. The molecule has 0 aliphatic heterocycles. The third-order valence-corrected chi connectivity index (χ3v) is 3.21. The number of nitrogens with two attached hydrogens (primary N) is 1. The molecule has 2 rings (SSSR count). The van der Waals surface area contributed by atoms with Crippen LogP contribution in [0, 0.1) is 0 Å². The standard InChI is InChI=1S/C14H12F2N2OS/c15-14(16)20-12-6-4-11(5-7-12)18-13(19)9-2-1-3-10(17)8-9/h1-8,14H,17H2,(H,18,19). The number of nitrogens with one attached hydrogen (secondary N) is 1. The van der Waals surface area contributed by atoms with Crippen LogP contribution in [0.4, 0.5) is 20.2 Å². The smallest absolute Gasteiger partial charge is 0.288 e. The molecule has 0 aromatic heterocycles. The van der Waals surface area contributed by atoms with E-state index in [1.807, 2.05) is 0 Å². The molecule has 0 bridgehead atoms. The lowest BCUT2D eigenvalue weighted by Gasteiger charge is -2.07. The summed E-state index contributed by atoms with van der Waals surface area (Å²) in [5, 5.41) is 2.67. The summed E-state index contributed by atoms with van der Waals surface area (Å²) < 4.78 is 24.3. The molecule has 1 amide bonds. The van der Waals surface area contributed by atoms with Gasteiger partial charge in [-0.15, -0.1) is 0 Å². The van der Waals surface area contributed by atoms with E-state index in [1.54, 1.807) is 36.4 Å². The second-order valence-corrected chi connectivity index (χ2v) is 5.05. The van der Waals surface area contributed by atoms with E-state index in [1.165, 1.54) is 12.1 Å². The van der Waals surface area contributed by atoms with Gasteiger partial charge >= 0.3 is 0 Å². The van der Waals surface area contributed by atoms with E-state index in [2.05, 4.69) is 5.32 Å². The van der Waals surface area contributed by atoms with Crippen LogP contribution in [-0.4, -0.2) is 11.7 Å². The van der Waals surface area contributed by atoms with Gasteiger partial charge in [0.05, 0.1) is 0 Å². The van der Waals surface area contributed by atoms with Crippen molar-refractivity contribution in [2.45, 2.75) is 10.7 Å². The third kappa shape index (κ3) is 3.96. The number of carbonyl (C=O) groups is 1. The predicted octanol–water partition coefficient (Wildman–Crippen LogP) is 3.84. The van der Waals surface area contributed by atoms with Crippen molar-refractivity contribution in [3.63, 3.8) is 0 Å². The zero-order chi connectivity index (χ0) is 14.5. The molecule has 0 heterocycles. The summed E-state index contributed by atoms with van der Waals surface area (Å²) in [5.74, 6) is -2.76. The van der Waals surface area contributed by atoms with E-state index in [0.29, 0.717) is 33.6 Å². The molecule has 0 spiro atoms. The van der Waals surface area contributed by atoms with Crippen LogP contribution in [0.3, 0.4) is 0 Å². The minimum atomic E-state index is -2.46. The van der Waals surface area contributed by atoms with Gasteiger partial charge in [-0.05, 0) is 42.5 Å². The van der Waals surface area contributed by atoms with Crippen molar-refractivity contribution in [3.8, 4) is 0 Å². The molecule has 0 radical (unpaired) electrons. The number of anilines is 2. The first-order valence-corrected chi connectivity index (χ1v) is 6.64. The van der Waals surface area contributed by atoms with Crippen molar-refractivity contribution in [1.82, 2.24) is 0 Å². The maximum absolute atomic E-state index is 12.2. The number of amides is 1. The Morgan fingerprint density at radius 2 is 1.85 bits per heavy atom. The van der Waals surface area contributed by atoms with Crippen molar-refractivity contribution in [2.24, 2.45) is 0 Å². The van der Waals surface area contributed by atoms with Crippen LogP contribution in [0.15, 0.2) is 53.4 Å². The van der Waals surface area contributed by atoms with Gasteiger partial charge in [-0.25, -0.2) is 0 Å². The summed E-state index contributed by atoms with van der Waals surface area (Å²) in [6.07, 6.45) is 0. The highest BCUT2D eigenvalue weighted by Crippen LogP contribution is 2.26. The van der Waals surface area contributed by atoms with E-state index in [4.69, 9.17) is 5.73 Å². The maximum atomic E-state index is 12.2. The van der Waals surface area contributed by atoms with Crippen LogP contribution >= 0.6 is 11.8 Å². The first-order chi connectivity index (χ1) is 9.54. The minimum absolute atomic E-state index is 0.299. The van der Waals surface area contributed by atoms with Crippen molar-refractivity contribution >= 4 is 29.0 Å². The summed E-state index contributed by atoms with van der Waals surface area (Å²) >= 11 is 0.462. The summed E-state index contributed by atoms with van der Waals surface area (Å²) in [6.45, 7) is 0. The molecule has 0 saturated carbocycles. The summed E-state index contributed by atoms with van der Waals surface area (Å²) in [4.78, 5) is 12.4. The fourth-order valence-electron chi connectivity index (χ4n) is 1.60. The van der Waals surface area contributed by atoms with Crippen molar-refractivity contribution in [1.29, 1.82) is 0 Å². The average molecular weight is 294 g/mol. The summed E-state index contributed by atoms with van der Waals surface area (Å²) in [5.41, 5.74) is 7.08. The third-order valence-electron chi connectivity index (χ3n) is 2.49. The largest absolute Gasteiger partial charge is 0.399 e. The molecule has 6 heteroatoms. The van der Waals surface area contributed by atoms with Crippen LogP contribution in [-0.2, 0) is 0 Å². The van der Waals surface area contributed by atoms with Gasteiger partial charge in [-0.3, -0.25) is 4.79 Å². The lowest BCUT2D eigenvalue weighted by atomic mass is 10.2. The second-order valence-electron chi connectivity index (χ2n) is 3.98. The van der Waals surface area contributed by atoms with Crippen LogP contribution in [0.1, 0.15) is 10.4 Å². The maximum Gasteiger partial charge on any atom is 0.288 e. The quantitative estimate of drug-likeness (QED) is 0.665. The number of nitrogen functional groups attached to an aromatic ring is 1. The Kier molecular flexibility index (Phi) is 4.57. The molecule has 2 aromatic rings. The van der Waals surface area contributed by atoms with Gasteiger partial charge in [0.15, 0.2) is 0 Å². The van der Waals surface area contributed by atoms with Crippen LogP contribution in [0.5, 0.6) is 0 Å². The van der Waals surface area contributed by atoms with Crippen LogP contribution < -0.4 is 11.1 Å². The number of rotatable bonds is 4. The van der Waals surface area contributed by atoms with E-state index in [9.17, 15) is 13.6 Å². The van der Waals surface area contributed by atoms with Gasteiger partial charge in [0, 0.05) is 21.8 Å². The van der Waals surface area contributed by atoms with Crippen LogP contribution in [0.25, 0.3) is 0 Å². The summed E-state index contributed by atoms with van der Waals surface area (Å²) in [6, 6.07) is 12.8.